The maximum Gasteiger partial charge on any atom is 0.227 e. The Kier molecular flexibility index (Phi) is 7.78. The molecule has 0 radical (unpaired) electrons. The number of anilines is 3. The number of oxazole rings is 1. The van der Waals surface area contributed by atoms with Gasteiger partial charge in [-0.05, 0) is 107 Å². The van der Waals surface area contributed by atoms with Crippen LogP contribution in [-0.2, 0) is 0 Å². The van der Waals surface area contributed by atoms with Crippen LogP contribution in [0.4, 0.5) is 17.1 Å². The summed E-state index contributed by atoms with van der Waals surface area (Å²) in [7, 11) is 0. The summed E-state index contributed by atoms with van der Waals surface area (Å²) in [6.45, 7) is 0. The fraction of sp³-hybridized carbons (Fsp3) is 0. The van der Waals surface area contributed by atoms with Gasteiger partial charge >= 0.3 is 0 Å². The van der Waals surface area contributed by atoms with Gasteiger partial charge in [-0.15, -0.1) is 0 Å². The topological polar surface area (TPSA) is 55.6 Å². The van der Waals surface area contributed by atoms with E-state index in [-0.39, 0.29) is 0 Å². The van der Waals surface area contributed by atoms with Gasteiger partial charge in [-0.1, -0.05) is 127 Å². The Morgan fingerprint density at radius 2 is 0.967 bits per heavy atom. The van der Waals surface area contributed by atoms with Crippen molar-refractivity contribution in [2.24, 2.45) is 0 Å². The number of hydrogen-bond donors (Lipinski definition) is 0. The maximum absolute atomic E-state index is 6.44. The van der Waals surface area contributed by atoms with Gasteiger partial charge in [-0.25, -0.2) is 4.98 Å². The highest BCUT2D eigenvalue weighted by Crippen LogP contribution is 2.42. The van der Waals surface area contributed by atoms with Crippen LogP contribution in [0.5, 0.6) is 0 Å². The lowest BCUT2D eigenvalue weighted by molar-refractivity contribution is 0.622. The Morgan fingerprint density at radius 1 is 0.333 bits per heavy atom. The van der Waals surface area contributed by atoms with Crippen molar-refractivity contribution in [3.63, 3.8) is 0 Å². The second-order valence-electron chi connectivity index (χ2n) is 15.1. The quantitative estimate of drug-likeness (QED) is 0.162. The molecule has 5 nitrogen and oxygen atoms in total. The summed E-state index contributed by atoms with van der Waals surface area (Å²) in [5, 5.41) is 4.18. The van der Waals surface area contributed by atoms with Crippen LogP contribution in [-0.4, -0.2) is 4.98 Å². The van der Waals surface area contributed by atoms with Crippen LogP contribution in [0.1, 0.15) is 0 Å². The summed E-state index contributed by atoms with van der Waals surface area (Å²) in [6.07, 6.45) is 0. The number of fused-ring (bicyclic) bond motifs is 8. The molecule has 0 aliphatic carbocycles. The van der Waals surface area contributed by atoms with Crippen LogP contribution < -0.4 is 4.90 Å². The number of furan rings is 2. The molecule has 0 atom stereocenters. The van der Waals surface area contributed by atoms with E-state index in [9.17, 15) is 0 Å². The third-order valence-electron chi connectivity index (χ3n) is 11.5. The lowest BCUT2D eigenvalue weighted by Gasteiger charge is -2.26. The third kappa shape index (κ3) is 5.67. The maximum atomic E-state index is 6.44. The number of benzene rings is 9. The summed E-state index contributed by atoms with van der Waals surface area (Å²) in [4.78, 5) is 7.11. The van der Waals surface area contributed by atoms with Crippen LogP contribution in [0.2, 0.25) is 0 Å². The molecule has 0 bridgehead atoms. The van der Waals surface area contributed by atoms with Crippen LogP contribution in [0.3, 0.4) is 0 Å². The summed E-state index contributed by atoms with van der Waals surface area (Å²) in [5.74, 6) is 0.598. The van der Waals surface area contributed by atoms with E-state index >= 15 is 0 Å². The average molecular weight is 771 g/mol. The molecule has 5 heteroatoms. The van der Waals surface area contributed by atoms with Gasteiger partial charge in [0.25, 0.3) is 0 Å². The van der Waals surface area contributed by atoms with E-state index in [2.05, 4.69) is 157 Å². The number of rotatable bonds is 7. The normalized spacial score (nSPS) is 11.7. The molecule has 0 amide bonds. The van der Waals surface area contributed by atoms with Crippen molar-refractivity contribution < 1.29 is 13.3 Å². The highest BCUT2D eigenvalue weighted by Gasteiger charge is 2.19. The lowest BCUT2D eigenvalue weighted by Crippen LogP contribution is -2.10. The molecule has 0 unspecified atom stereocenters. The number of aromatic nitrogens is 1. The van der Waals surface area contributed by atoms with Crippen molar-refractivity contribution in [1.29, 1.82) is 0 Å². The average Bonchev–Trinajstić information content (AvgIpc) is 4.04. The zero-order chi connectivity index (χ0) is 39.6. The second-order valence-corrected chi connectivity index (χ2v) is 15.1. The van der Waals surface area contributed by atoms with Gasteiger partial charge in [0.05, 0.1) is 5.39 Å². The molecule has 12 aromatic rings. The third-order valence-corrected chi connectivity index (χ3v) is 11.5. The lowest BCUT2D eigenvalue weighted by atomic mass is 10.0. The number of para-hydroxylation sites is 2. The Hall–Kier alpha value is -8.15. The van der Waals surface area contributed by atoms with E-state index < -0.39 is 0 Å². The highest BCUT2D eigenvalue weighted by molar-refractivity contribution is 6.17. The number of hydrogen-bond acceptors (Lipinski definition) is 5. The van der Waals surface area contributed by atoms with Crippen LogP contribution in [0.25, 0.3) is 99.8 Å². The summed E-state index contributed by atoms with van der Waals surface area (Å²) < 4.78 is 19.2. The Bertz CT molecular complexity index is 3530. The zero-order valence-electron chi connectivity index (χ0n) is 32.2. The van der Waals surface area contributed by atoms with Gasteiger partial charge in [0.2, 0.25) is 5.89 Å². The molecule has 3 heterocycles. The molecule has 60 heavy (non-hydrogen) atoms. The van der Waals surface area contributed by atoms with Crippen molar-refractivity contribution >= 4 is 72.0 Å². The van der Waals surface area contributed by atoms with Gasteiger partial charge < -0.3 is 18.2 Å². The first-order valence-electron chi connectivity index (χ1n) is 20.1. The van der Waals surface area contributed by atoms with E-state index in [1.807, 2.05) is 54.6 Å². The molecular formula is C55H34N2O3. The molecule has 0 N–H and O–H groups in total. The van der Waals surface area contributed by atoms with Crippen LogP contribution in [0, 0.1) is 0 Å². The minimum absolute atomic E-state index is 0.598. The molecule has 3 aromatic heterocycles. The minimum Gasteiger partial charge on any atom is -0.456 e. The Labute approximate surface area is 345 Å². The van der Waals surface area contributed by atoms with E-state index in [0.29, 0.717) is 5.89 Å². The summed E-state index contributed by atoms with van der Waals surface area (Å²) in [6, 6.07) is 71.7. The SMILES string of the molecule is c1ccc(-c2cccc(N(c3ccc(-c4ccc5c(c4)oc4ccc6nc(-c7ccccc7)oc6c45)cc3)c3ccc(-c4cccc5c4oc4ccccc45)cc3)c2)cc1. The predicted molar refractivity (Wildman–Crippen MR) is 245 cm³/mol. The molecule has 9 aromatic carbocycles. The Balaban J connectivity index is 0.919. The predicted octanol–water partition coefficient (Wildman–Crippen LogP) is 15.8. The van der Waals surface area contributed by atoms with E-state index in [4.69, 9.17) is 18.2 Å². The smallest absolute Gasteiger partial charge is 0.227 e. The van der Waals surface area contributed by atoms with E-state index in [1.54, 1.807) is 0 Å². The molecule has 0 spiro atoms. The zero-order valence-corrected chi connectivity index (χ0v) is 32.2. The fourth-order valence-corrected chi connectivity index (χ4v) is 8.60. The van der Waals surface area contributed by atoms with Crippen molar-refractivity contribution in [3.8, 4) is 44.8 Å². The van der Waals surface area contributed by atoms with Gasteiger partial charge in [0.15, 0.2) is 5.58 Å². The molecule has 0 aliphatic rings. The van der Waals surface area contributed by atoms with Gasteiger partial charge in [0.1, 0.15) is 27.8 Å². The molecule has 0 aliphatic heterocycles. The molecular weight excluding hydrogens is 737 g/mol. The molecule has 0 saturated heterocycles. The van der Waals surface area contributed by atoms with Crippen molar-refractivity contribution in [1.82, 2.24) is 4.98 Å². The Morgan fingerprint density at radius 3 is 1.77 bits per heavy atom. The molecule has 0 fully saturated rings. The van der Waals surface area contributed by atoms with Gasteiger partial charge in [0, 0.05) is 44.3 Å². The van der Waals surface area contributed by atoms with Gasteiger partial charge in [-0.3, -0.25) is 0 Å². The molecule has 0 saturated carbocycles. The van der Waals surface area contributed by atoms with E-state index in [0.717, 1.165) is 105 Å². The fourth-order valence-electron chi connectivity index (χ4n) is 8.60. The van der Waals surface area contributed by atoms with Crippen molar-refractivity contribution in [2.75, 3.05) is 4.90 Å². The molecule has 282 valence electrons. The standard InChI is InChI=1S/C55H34N2O3/c1-3-11-35(12-4-1)39-15-9-16-43(33-39)57(42-28-23-37(24-29-42)44-18-10-19-46-45-17-7-8-20-49(45)59-53(44)46)41-26-21-36(22-27-41)40-25-30-47-51(34-40)58-50-32-31-48-54(52(47)50)60-55(56-48)38-13-5-2-6-14-38/h1-34H. The summed E-state index contributed by atoms with van der Waals surface area (Å²) >= 11 is 0. The number of nitrogens with zero attached hydrogens (tertiary/aromatic N) is 2. The minimum atomic E-state index is 0.598. The first kappa shape index (κ1) is 33.9. The van der Waals surface area contributed by atoms with Crippen LogP contribution >= 0.6 is 0 Å². The van der Waals surface area contributed by atoms with Crippen molar-refractivity contribution in [3.05, 3.63) is 206 Å². The van der Waals surface area contributed by atoms with Gasteiger partial charge in [-0.2, -0.15) is 0 Å². The summed E-state index contributed by atoms with van der Waals surface area (Å²) in [5.41, 5.74) is 15.7. The second kappa shape index (κ2) is 13.8. The monoisotopic (exact) mass is 770 g/mol. The van der Waals surface area contributed by atoms with Crippen molar-refractivity contribution in [2.45, 2.75) is 0 Å². The largest absolute Gasteiger partial charge is 0.456 e. The van der Waals surface area contributed by atoms with Crippen LogP contribution in [0.15, 0.2) is 220 Å². The van der Waals surface area contributed by atoms with E-state index in [1.165, 1.54) is 5.56 Å². The highest BCUT2D eigenvalue weighted by atomic mass is 16.4. The first-order chi connectivity index (χ1) is 29.7. The molecule has 12 rings (SSSR count). The first-order valence-corrected chi connectivity index (χ1v) is 20.1.